The molecule has 1 aromatic carbocycles. The third kappa shape index (κ3) is 13.3. The van der Waals surface area contributed by atoms with Crippen LogP contribution in [0.5, 0.6) is 0 Å². The molecule has 0 aromatic heterocycles. The van der Waals surface area contributed by atoms with Gasteiger partial charge in [0, 0.05) is 13.7 Å². The molecule has 0 radical (unpaired) electrons. The lowest BCUT2D eigenvalue weighted by Gasteiger charge is -1.84. The Morgan fingerprint density at radius 2 is 1.64 bits per heavy atom. The van der Waals surface area contributed by atoms with E-state index in [-0.39, 0.29) is 0 Å². The third-order valence-electron chi connectivity index (χ3n) is 1.35. The Bertz CT molecular complexity index is 199. The molecule has 1 heteroatoms. The Morgan fingerprint density at radius 3 is 1.79 bits per heavy atom. The molecule has 78 valence electrons. The van der Waals surface area contributed by atoms with E-state index in [0.29, 0.717) is 0 Å². The van der Waals surface area contributed by atoms with E-state index >= 15 is 0 Å². The lowest BCUT2D eigenvalue weighted by molar-refractivity contribution is 0.199. The minimum Gasteiger partial charge on any atom is -0.385 e. The fourth-order valence-electron chi connectivity index (χ4n) is 0.739. The topological polar surface area (TPSA) is 9.23 Å². The molecule has 0 N–H and O–H groups in total. The molecular formula is C13H20O. The molecule has 0 saturated carbocycles. The van der Waals surface area contributed by atoms with Crippen LogP contribution in [0.4, 0.5) is 0 Å². The summed E-state index contributed by atoms with van der Waals surface area (Å²) in [6.07, 6.45) is 9.12. The lowest BCUT2D eigenvalue weighted by Crippen LogP contribution is -1.80. The Labute approximate surface area is 88.1 Å². The van der Waals surface area contributed by atoms with E-state index in [2.05, 4.69) is 38.8 Å². The highest BCUT2D eigenvalue weighted by molar-refractivity contribution is 5.11. The fraction of sp³-hybridized carbons (Fsp3) is 0.385. The molecule has 0 aliphatic carbocycles. The fourth-order valence-corrected chi connectivity index (χ4v) is 0.739. The van der Waals surface area contributed by atoms with Gasteiger partial charge in [-0.2, -0.15) is 0 Å². The molecule has 0 atom stereocenters. The predicted molar refractivity (Wildman–Crippen MR) is 63.2 cm³/mol. The monoisotopic (exact) mass is 192 g/mol. The van der Waals surface area contributed by atoms with Gasteiger partial charge in [-0.3, -0.25) is 0 Å². The third-order valence-corrected chi connectivity index (χ3v) is 1.35. The summed E-state index contributed by atoms with van der Waals surface area (Å²) >= 11 is 0. The van der Waals surface area contributed by atoms with Gasteiger partial charge in [0.15, 0.2) is 0 Å². The molecule has 0 heterocycles. The van der Waals surface area contributed by atoms with Gasteiger partial charge in [-0.15, -0.1) is 12.8 Å². The van der Waals surface area contributed by atoms with Crippen molar-refractivity contribution in [1.29, 1.82) is 0 Å². The van der Waals surface area contributed by atoms with Crippen molar-refractivity contribution in [2.45, 2.75) is 20.3 Å². The average Bonchev–Trinajstić information content (AvgIpc) is 2.24. The zero-order chi connectivity index (χ0) is 11.2. The van der Waals surface area contributed by atoms with Crippen molar-refractivity contribution in [3.8, 4) is 12.8 Å². The van der Waals surface area contributed by atoms with Crippen LogP contribution in [0, 0.1) is 19.8 Å². The summed E-state index contributed by atoms with van der Waals surface area (Å²) in [6, 6.07) is 10.3. The van der Waals surface area contributed by atoms with Crippen molar-refractivity contribution in [1.82, 2.24) is 0 Å². The Kier molecular flexibility index (Phi) is 15.5. The Balaban J connectivity index is 0. The maximum atomic E-state index is 4.69. The normalized spacial score (nSPS) is 7.50. The molecular weight excluding hydrogens is 172 g/mol. The molecule has 1 rings (SSSR count). The molecule has 0 fully saturated rings. The summed E-state index contributed by atoms with van der Waals surface area (Å²) in [6.45, 7) is 5.06. The molecule has 0 amide bonds. The number of rotatable bonds is 2. The largest absolute Gasteiger partial charge is 0.385 e. The van der Waals surface area contributed by atoms with Gasteiger partial charge in [0.2, 0.25) is 0 Å². The summed E-state index contributed by atoms with van der Waals surface area (Å²) in [5, 5.41) is 0. The van der Waals surface area contributed by atoms with Crippen LogP contribution in [-0.2, 0) is 4.74 Å². The quantitative estimate of drug-likeness (QED) is 0.653. The number of methoxy groups -OCH3 is 1. The summed E-state index contributed by atoms with van der Waals surface area (Å²) in [5.41, 5.74) is 1.32. The zero-order valence-corrected chi connectivity index (χ0v) is 9.36. The molecule has 0 bridgehead atoms. The van der Waals surface area contributed by atoms with Gasteiger partial charge in [0.05, 0.1) is 0 Å². The molecule has 14 heavy (non-hydrogen) atoms. The van der Waals surface area contributed by atoms with Crippen LogP contribution < -0.4 is 0 Å². The van der Waals surface area contributed by atoms with E-state index < -0.39 is 0 Å². The molecule has 0 aliphatic rings. The van der Waals surface area contributed by atoms with E-state index in [4.69, 9.17) is 4.74 Å². The number of hydrogen-bond acceptors (Lipinski definition) is 1. The van der Waals surface area contributed by atoms with E-state index in [1.54, 1.807) is 7.11 Å². The highest BCUT2D eigenvalue weighted by atomic mass is 16.5. The molecule has 1 aromatic rings. The van der Waals surface area contributed by atoms with Crippen LogP contribution in [0.15, 0.2) is 30.3 Å². The average molecular weight is 192 g/mol. The Morgan fingerprint density at radius 1 is 1.14 bits per heavy atom. The minimum absolute atomic E-state index is 0.889. The standard InChI is InChI=1S/C7H8.C4H10O.C2H2/c1-7-5-3-2-4-6-7;1-3-4-5-2;1-2/h2-6H,1H3;3-4H2,1-2H3;1-2H. The molecule has 0 saturated heterocycles. The van der Waals surface area contributed by atoms with Crippen molar-refractivity contribution < 1.29 is 4.74 Å². The molecule has 0 spiro atoms. The first-order valence-electron chi connectivity index (χ1n) is 4.65. The van der Waals surface area contributed by atoms with Crippen molar-refractivity contribution >= 4 is 0 Å². The first kappa shape index (κ1) is 15.2. The number of hydrogen-bond donors (Lipinski definition) is 0. The van der Waals surface area contributed by atoms with E-state index in [1.807, 2.05) is 18.2 Å². The van der Waals surface area contributed by atoms with Crippen LogP contribution in [0.3, 0.4) is 0 Å². The number of benzene rings is 1. The highest BCUT2D eigenvalue weighted by Gasteiger charge is 1.72. The summed E-state index contributed by atoms with van der Waals surface area (Å²) in [7, 11) is 1.71. The van der Waals surface area contributed by atoms with Gasteiger partial charge >= 0.3 is 0 Å². The smallest absolute Gasteiger partial charge is 0.0459 e. The van der Waals surface area contributed by atoms with Crippen LogP contribution in [-0.4, -0.2) is 13.7 Å². The van der Waals surface area contributed by atoms with Gasteiger partial charge in [-0.25, -0.2) is 0 Å². The first-order chi connectivity index (χ1) is 6.81. The van der Waals surface area contributed by atoms with Gasteiger partial charge in [0.25, 0.3) is 0 Å². The van der Waals surface area contributed by atoms with Crippen molar-refractivity contribution in [2.24, 2.45) is 0 Å². The SMILES string of the molecule is C#C.CCCOC.Cc1ccccc1. The summed E-state index contributed by atoms with van der Waals surface area (Å²) in [5.74, 6) is 0. The predicted octanol–water partition coefficient (Wildman–Crippen LogP) is 3.29. The number of ether oxygens (including phenoxy) is 1. The van der Waals surface area contributed by atoms with Crippen molar-refractivity contribution in [2.75, 3.05) is 13.7 Å². The van der Waals surface area contributed by atoms with Crippen molar-refractivity contribution in [3.63, 3.8) is 0 Å². The molecule has 0 aliphatic heterocycles. The minimum atomic E-state index is 0.889. The second-order valence-electron chi connectivity index (χ2n) is 2.65. The Hall–Kier alpha value is -1.26. The van der Waals surface area contributed by atoms with Crippen molar-refractivity contribution in [3.05, 3.63) is 35.9 Å². The van der Waals surface area contributed by atoms with Gasteiger partial charge < -0.3 is 4.74 Å². The summed E-state index contributed by atoms with van der Waals surface area (Å²) < 4.78 is 4.69. The van der Waals surface area contributed by atoms with Crippen LogP contribution in [0.25, 0.3) is 0 Å². The lowest BCUT2D eigenvalue weighted by atomic mass is 10.2. The van der Waals surface area contributed by atoms with Crippen LogP contribution >= 0.6 is 0 Å². The molecule has 0 unspecified atom stereocenters. The summed E-state index contributed by atoms with van der Waals surface area (Å²) in [4.78, 5) is 0. The van der Waals surface area contributed by atoms with Gasteiger partial charge in [0.1, 0.15) is 0 Å². The molecule has 1 nitrogen and oxygen atoms in total. The first-order valence-corrected chi connectivity index (χ1v) is 4.65. The van der Waals surface area contributed by atoms with Crippen LogP contribution in [0.1, 0.15) is 18.9 Å². The number of aryl methyl sites for hydroxylation is 1. The van der Waals surface area contributed by atoms with E-state index in [1.165, 1.54) is 5.56 Å². The maximum absolute atomic E-state index is 4.69. The van der Waals surface area contributed by atoms with Crippen LogP contribution in [0.2, 0.25) is 0 Å². The zero-order valence-electron chi connectivity index (χ0n) is 9.36. The van der Waals surface area contributed by atoms with E-state index in [9.17, 15) is 0 Å². The van der Waals surface area contributed by atoms with E-state index in [0.717, 1.165) is 13.0 Å². The second kappa shape index (κ2) is 14.3. The van der Waals surface area contributed by atoms with Gasteiger partial charge in [-0.05, 0) is 13.3 Å². The maximum Gasteiger partial charge on any atom is 0.0459 e. The van der Waals surface area contributed by atoms with Gasteiger partial charge in [-0.1, -0.05) is 42.8 Å². The number of terminal acetylenes is 1. The second-order valence-corrected chi connectivity index (χ2v) is 2.65. The highest BCUT2D eigenvalue weighted by Crippen LogP contribution is 1.92.